The molecule has 246 valence electrons. The van der Waals surface area contributed by atoms with E-state index in [0.717, 1.165) is 25.8 Å². The first-order valence-corrected chi connectivity index (χ1v) is 15.1. The molecule has 2 aliphatic carbocycles. The summed E-state index contributed by atoms with van der Waals surface area (Å²) in [6.45, 7) is 1.05. The molecule has 0 aromatic rings. The SMILES string of the molecule is NCC(O)CN[C@@H]1C[C@H](N)C(O[C@H]2O[C@H](CNCC3CC(N)C3)CC[C@H]2N)[C@H](O)[C@H]1O[C@H]1O[C@H](CO)[C@@H](O)[C@H](N)[C@H]1O. The van der Waals surface area contributed by atoms with Gasteiger partial charge in [-0.2, -0.15) is 0 Å². The van der Waals surface area contributed by atoms with Crippen molar-refractivity contribution in [1.82, 2.24) is 10.6 Å². The number of nitrogens with one attached hydrogen (secondary N) is 2. The minimum atomic E-state index is -1.46. The standard InChI is InChI=1S/C26H53N7O9/c27-6-13(35)8-33-17-5-16(30)23(22(38)24(17)42-26-21(37)19(31)20(36)18(10-34)40-26)41-25-15(29)2-1-14(39-25)9-32-7-11-3-12(28)4-11/h11-26,32-38H,1-10,27-31H2/t11?,12?,13?,14-,15+,16-,17+,18+,19-,20+,21+,22-,23?,24-,25+,26+/m0/s1. The largest absolute Gasteiger partial charge is 0.394 e. The van der Waals surface area contributed by atoms with Crippen LogP contribution in [0.1, 0.15) is 32.1 Å². The molecule has 14 atom stereocenters. The molecule has 0 aromatic heterocycles. The van der Waals surface area contributed by atoms with Crippen LogP contribution in [0.2, 0.25) is 0 Å². The van der Waals surface area contributed by atoms with Gasteiger partial charge in [0.25, 0.3) is 0 Å². The zero-order valence-corrected chi connectivity index (χ0v) is 24.1. The van der Waals surface area contributed by atoms with E-state index in [9.17, 15) is 25.5 Å². The lowest BCUT2D eigenvalue weighted by molar-refractivity contribution is -0.314. The lowest BCUT2D eigenvalue weighted by atomic mass is 9.81. The summed E-state index contributed by atoms with van der Waals surface area (Å²) in [5, 5.41) is 58.7. The van der Waals surface area contributed by atoms with Gasteiger partial charge >= 0.3 is 0 Å². The van der Waals surface area contributed by atoms with E-state index in [-0.39, 0.29) is 25.6 Å². The zero-order valence-electron chi connectivity index (χ0n) is 24.1. The number of hydrogen-bond acceptors (Lipinski definition) is 16. The first-order valence-electron chi connectivity index (χ1n) is 15.1. The van der Waals surface area contributed by atoms with Gasteiger partial charge in [0.1, 0.15) is 36.6 Å². The number of aliphatic hydroxyl groups excluding tert-OH is 5. The smallest absolute Gasteiger partial charge is 0.186 e. The van der Waals surface area contributed by atoms with E-state index in [4.69, 9.17) is 47.6 Å². The van der Waals surface area contributed by atoms with Crippen molar-refractivity contribution >= 4 is 0 Å². The first kappa shape index (κ1) is 34.2. The van der Waals surface area contributed by atoms with Crippen molar-refractivity contribution < 1.29 is 44.5 Å². The number of aliphatic hydroxyl groups is 5. The van der Waals surface area contributed by atoms with Gasteiger partial charge in [-0.3, -0.25) is 0 Å². The Bertz CT molecular complexity index is 816. The quantitative estimate of drug-likeness (QED) is 0.0927. The molecule has 17 N–H and O–H groups in total. The van der Waals surface area contributed by atoms with Gasteiger partial charge < -0.3 is 83.8 Å². The van der Waals surface area contributed by atoms with Crippen LogP contribution in [0.4, 0.5) is 0 Å². The molecular formula is C26H53N7O9. The van der Waals surface area contributed by atoms with E-state index in [2.05, 4.69) is 10.6 Å². The Morgan fingerprint density at radius 3 is 2.21 bits per heavy atom. The maximum atomic E-state index is 11.5. The van der Waals surface area contributed by atoms with Crippen LogP contribution in [-0.4, -0.2) is 150 Å². The molecule has 2 unspecified atom stereocenters. The topological polar surface area (TPSA) is 292 Å². The lowest BCUT2D eigenvalue weighted by Crippen LogP contribution is -2.68. The molecule has 2 aliphatic heterocycles. The Morgan fingerprint density at radius 2 is 1.55 bits per heavy atom. The Hall–Kier alpha value is -0.640. The van der Waals surface area contributed by atoms with E-state index in [1.807, 2.05) is 0 Å². The van der Waals surface area contributed by atoms with Crippen molar-refractivity contribution in [3.8, 4) is 0 Å². The van der Waals surface area contributed by atoms with Gasteiger partial charge in [-0.1, -0.05) is 0 Å². The van der Waals surface area contributed by atoms with E-state index in [1.54, 1.807) is 0 Å². The van der Waals surface area contributed by atoms with Crippen molar-refractivity contribution in [1.29, 1.82) is 0 Å². The number of ether oxygens (including phenoxy) is 4. The zero-order chi connectivity index (χ0) is 30.6. The van der Waals surface area contributed by atoms with Gasteiger partial charge in [0.2, 0.25) is 0 Å². The van der Waals surface area contributed by atoms with Gasteiger partial charge in [0.15, 0.2) is 12.6 Å². The van der Waals surface area contributed by atoms with Crippen LogP contribution in [0.5, 0.6) is 0 Å². The van der Waals surface area contributed by atoms with Gasteiger partial charge in [0.05, 0.1) is 30.9 Å². The van der Waals surface area contributed by atoms with Crippen molar-refractivity contribution in [3.05, 3.63) is 0 Å². The summed E-state index contributed by atoms with van der Waals surface area (Å²) in [4.78, 5) is 0. The van der Waals surface area contributed by atoms with Gasteiger partial charge in [-0.25, -0.2) is 0 Å². The molecule has 0 bridgehead atoms. The highest BCUT2D eigenvalue weighted by Gasteiger charge is 2.50. The molecule has 2 saturated heterocycles. The van der Waals surface area contributed by atoms with Crippen LogP contribution in [-0.2, 0) is 18.9 Å². The van der Waals surface area contributed by atoms with E-state index < -0.39 is 86.1 Å². The van der Waals surface area contributed by atoms with Crippen LogP contribution in [0, 0.1) is 5.92 Å². The Morgan fingerprint density at radius 1 is 0.833 bits per heavy atom. The predicted octanol–water partition coefficient (Wildman–Crippen LogP) is -5.95. The maximum Gasteiger partial charge on any atom is 0.186 e. The minimum absolute atomic E-state index is 0.0160. The van der Waals surface area contributed by atoms with Crippen molar-refractivity contribution in [3.63, 3.8) is 0 Å². The monoisotopic (exact) mass is 607 g/mol. The van der Waals surface area contributed by atoms with Crippen molar-refractivity contribution in [2.75, 3.05) is 32.8 Å². The average molecular weight is 608 g/mol. The molecule has 2 heterocycles. The lowest BCUT2D eigenvalue weighted by Gasteiger charge is -2.48. The Balaban J connectivity index is 1.41. The third-order valence-electron chi connectivity index (χ3n) is 9.00. The molecule has 0 amide bonds. The van der Waals surface area contributed by atoms with E-state index in [1.165, 1.54) is 0 Å². The summed E-state index contributed by atoms with van der Waals surface area (Å²) in [5.41, 5.74) is 30.2. The third-order valence-corrected chi connectivity index (χ3v) is 9.00. The van der Waals surface area contributed by atoms with Gasteiger partial charge in [-0.15, -0.1) is 0 Å². The highest BCUT2D eigenvalue weighted by Crippen LogP contribution is 2.31. The highest BCUT2D eigenvalue weighted by molar-refractivity contribution is 5.02. The van der Waals surface area contributed by atoms with Crippen LogP contribution >= 0.6 is 0 Å². The number of rotatable bonds is 13. The maximum absolute atomic E-state index is 11.5. The van der Waals surface area contributed by atoms with Crippen molar-refractivity contribution in [2.45, 2.75) is 124 Å². The Labute approximate surface area is 246 Å². The fourth-order valence-electron chi connectivity index (χ4n) is 6.26. The first-order chi connectivity index (χ1) is 20.0. The molecule has 0 aromatic carbocycles. The fraction of sp³-hybridized carbons (Fsp3) is 1.00. The molecule has 4 rings (SSSR count). The molecule has 0 radical (unpaired) electrons. The third kappa shape index (κ3) is 8.33. The number of nitrogens with two attached hydrogens (primary N) is 5. The second-order valence-corrected chi connectivity index (χ2v) is 12.4. The molecule has 0 spiro atoms. The number of hydrogen-bond donors (Lipinski definition) is 12. The van der Waals surface area contributed by atoms with Crippen molar-refractivity contribution in [2.24, 2.45) is 34.6 Å². The van der Waals surface area contributed by atoms with E-state index >= 15 is 0 Å². The van der Waals surface area contributed by atoms with Crippen LogP contribution < -0.4 is 39.3 Å². The Kier molecular flexibility index (Phi) is 12.7. The fourth-order valence-corrected chi connectivity index (χ4v) is 6.26. The normalized spacial score (nSPS) is 47.1. The minimum Gasteiger partial charge on any atom is -0.394 e. The molecule has 2 saturated carbocycles. The molecule has 16 heteroatoms. The van der Waals surface area contributed by atoms with Gasteiger partial charge in [0, 0.05) is 37.8 Å². The molecule has 4 aliphatic rings. The second-order valence-electron chi connectivity index (χ2n) is 12.4. The summed E-state index contributed by atoms with van der Waals surface area (Å²) in [5.74, 6) is 0.579. The molecule has 42 heavy (non-hydrogen) atoms. The second kappa shape index (κ2) is 15.6. The highest BCUT2D eigenvalue weighted by atomic mass is 16.7. The molecule has 16 nitrogen and oxygen atoms in total. The summed E-state index contributed by atoms with van der Waals surface area (Å²) >= 11 is 0. The van der Waals surface area contributed by atoms with Crippen LogP contribution in [0.15, 0.2) is 0 Å². The van der Waals surface area contributed by atoms with E-state index in [0.29, 0.717) is 24.9 Å². The molecular weight excluding hydrogens is 554 g/mol. The molecule has 4 fully saturated rings. The van der Waals surface area contributed by atoms with Gasteiger partial charge in [-0.05, 0) is 44.6 Å². The summed E-state index contributed by atoms with van der Waals surface area (Å²) in [7, 11) is 0. The summed E-state index contributed by atoms with van der Waals surface area (Å²) in [6, 6.07) is -2.59. The van der Waals surface area contributed by atoms with Crippen LogP contribution in [0.3, 0.4) is 0 Å². The average Bonchev–Trinajstić information content (AvgIpc) is 2.95. The predicted molar refractivity (Wildman–Crippen MR) is 150 cm³/mol. The summed E-state index contributed by atoms with van der Waals surface area (Å²) < 4.78 is 24.1. The van der Waals surface area contributed by atoms with Crippen LogP contribution in [0.25, 0.3) is 0 Å². The summed E-state index contributed by atoms with van der Waals surface area (Å²) in [6.07, 6.45) is -6.72.